The summed E-state index contributed by atoms with van der Waals surface area (Å²) in [7, 11) is -3.02. The summed E-state index contributed by atoms with van der Waals surface area (Å²) in [4.78, 5) is 4.38. The van der Waals surface area contributed by atoms with Crippen LogP contribution >= 0.6 is 0 Å². The van der Waals surface area contributed by atoms with Crippen molar-refractivity contribution in [3.63, 3.8) is 0 Å². The Morgan fingerprint density at radius 3 is 2.06 bits per heavy atom. The van der Waals surface area contributed by atoms with Crippen LogP contribution < -0.4 is 10.6 Å². The van der Waals surface area contributed by atoms with Crippen LogP contribution in [-0.4, -0.2) is 45.0 Å². The minimum absolute atomic E-state index is 0.362. The summed E-state index contributed by atoms with van der Waals surface area (Å²) < 4.78 is 22.9. The molecule has 6 heteroatoms. The first-order valence-electron chi connectivity index (χ1n) is 6.17. The molecule has 0 amide bonds. The minimum atomic E-state index is -3.02. The van der Waals surface area contributed by atoms with Gasteiger partial charge < -0.3 is 10.6 Å². The summed E-state index contributed by atoms with van der Waals surface area (Å²) in [5.41, 5.74) is 0. The van der Waals surface area contributed by atoms with Crippen molar-refractivity contribution < 1.29 is 8.42 Å². The minimum Gasteiger partial charge on any atom is -0.357 e. The molecule has 2 N–H and O–H groups in total. The van der Waals surface area contributed by atoms with E-state index >= 15 is 0 Å². The number of hydrogen-bond donors (Lipinski definition) is 2. The lowest BCUT2D eigenvalue weighted by Crippen LogP contribution is -2.48. The van der Waals surface area contributed by atoms with Crippen molar-refractivity contribution in [2.75, 3.05) is 25.9 Å². The Labute approximate surface area is 104 Å². The summed E-state index contributed by atoms with van der Waals surface area (Å²) in [6.07, 6.45) is 3.78. The normalized spacial score (nSPS) is 18.1. The van der Waals surface area contributed by atoms with Gasteiger partial charge in [-0.15, -0.1) is 0 Å². The molecular weight excluding hydrogens is 238 g/mol. The highest BCUT2D eigenvalue weighted by Crippen LogP contribution is 2.39. The molecule has 17 heavy (non-hydrogen) atoms. The molecule has 0 saturated heterocycles. The van der Waals surface area contributed by atoms with Crippen LogP contribution in [0.3, 0.4) is 0 Å². The summed E-state index contributed by atoms with van der Waals surface area (Å²) in [5, 5.41) is 6.20. The van der Waals surface area contributed by atoms with E-state index in [1.807, 2.05) is 13.8 Å². The van der Waals surface area contributed by atoms with E-state index in [4.69, 9.17) is 0 Å². The smallest absolute Gasteiger partial charge is 0.191 e. The van der Waals surface area contributed by atoms with Crippen molar-refractivity contribution in [1.29, 1.82) is 0 Å². The van der Waals surface area contributed by atoms with Gasteiger partial charge in [-0.25, -0.2) is 8.42 Å². The van der Waals surface area contributed by atoms with Crippen LogP contribution in [0.2, 0.25) is 0 Å². The Kier molecular flexibility index (Phi) is 4.80. The number of sulfone groups is 1. The first-order chi connectivity index (χ1) is 7.95. The molecule has 0 bridgehead atoms. The lowest BCUT2D eigenvalue weighted by atomic mass is 9.84. The van der Waals surface area contributed by atoms with Gasteiger partial charge >= 0.3 is 0 Å². The van der Waals surface area contributed by atoms with Crippen molar-refractivity contribution >= 4 is 15.8 Å². The van der Waals surface area contributed by atoms with Crippen LogP contribution in [-0.2, 0) is 9.84 Å². The van der Waals surface area contributed by atoms with Gasteiger partial charge in [0.05, 0.1) is 11.3 Å². The number of rotatable bonds is 5. The Bertz CT molecular complexity index is 364. The Morgan fingerprint density at radius 2 is 1.76 bits per heavy atom. The van der Waals surface area contributed by atoms with Crippen molar-refractivity contribution in [3.05, 3.63) is 0 Å². The second kappa shape index (κ2) is 5.71. The summed E-state index contributed by atoms with van der Waals surface area (Å²) in [6.45, 7) is 5.89. The van der Waals surface area contributed by atoms with Crippen molar-refractivity contribution in [2.24, 2.45) is 4.99 Å². The second-order valence-corrected chi connectivity index (χ2v) is 6.94. The SMILES string of the molecule is CCNC(=NCC1(S(C)(=O)=O)CCC1)NCC. The highest BCUT2D eigenvalue weighted by Gasteiger charge is 2.46. The maximum absolute atomic E-state index is 11.8. The number of hydrogen-bond acceptors (Lipinski definition) is 3. The Hall–Kier alpha value is -0.780. The highest BCUT2D eigenvalue weighted by molar-refractivity contribution is 7.92. The van der Waals surface area contributed by atoms with E-state index in [9.17, 15) is 8.42 Å². The molecule has 0 aromatic carbocycles. The monoisotopic (exact) mass is 261 g/mol. The fraction of sp³-hybridized carbons (Fsp3) is 0.909. The molecule has 1 aliphatic carbocycles. The molecule has 0 atom stereocenters. The van der Waals surface area contributed by atoms with E-state index < -0.39 is 14.6 Å². The molecule has 5 nitrogen and oxygen atoms in total. The lowest BCUT2D eigenvalue weighted by molar-refractivity contribution is 0.346. The maximum Gasteiger partial charge on any atom is 0.191 e. The van der Waals surface area contributed by atoms with Crippen LogP contribution in [0.1, 0.15) is 33.1 Å². The molecule has 0 heterocycles. The van der Waals surface area contributed by atoms with Crippen LogP contribution in [0, 0.1) is 0 Å². The first kappa shape index (κ1) is 14.3. The molecule has 0 unspecified atom stereocenters. The number of guanidine groups is 1. The maximum atomic E-state index is 11.8. The van der Waals surface area contributed by atoms with Gasteiger partial charge in [0.15, 0.2) is 15.8 Å². The third-order valence-electron chi connectivity index (χ3n) is 3.27. The zero-order valence-corrected chi connectivity index (χ0v) is 11.7. The van der Waals surface area contributed by atoms with E-state index in [1.165, 1.54) is 6.26 Å². The zero-order chi connectivity index (χ0) is 12.9. The summed E-state index contributed by atoms with van der Waals surface area (Å²) >= 11 is 0. The Morgan fingerprint density at radius 1 is 1.24 bits per heavy atom. The molecule has 100 valence electrons. The van der Waals surface area contributed by atoms with E-state index in [1.54, 1.807) is 0 Å². The molecule has 1 saturated carbocycles. The van der Waals surface area contributed by atoms with Crippen molar-refractivity contribution in [3.8, 4) is 0 Å². The largest absolute Gasteiger partial charge is 0.357 e. The average Bonchev–Trinajstić information content (AvgIpc) is 2.14. The quantitative estimate of drug-likeness (QED) is 0.559. The number of aliphatic imine (C=N–C) groups is 1. The topological polar surface area (TPSA) is 70.6 Å². The van der Waals surface area contributed by atoms with Gasteiger partial charge in [-0.1, -0.05) is 6.42 Å². The van der Waals surface area contributed by atoms with Crippen LogP contribution in [0.4, 0.5) is 0 Å². The zero-order valence-electron chi connectivity index (χ0n) is 10.9. The standard InChI is InChI=1S/C11H23N3O2S/c1-4-12-10(13-5-2)14-9-11(7-6-8-11)17(3,15)16/h4-9H2,1-3H3,(H2,12,13,14). The molecule has 0 spiro atoms. The number of nitrogens with zero attached hydrogens (tertiary/aromatic N) is 1. The van der Waals surface area contributed by atoms with Gasteiger partial charge in [-0.05, 0) is 26.7 Å². The molecule has 0 aliphatic heterocycles. The van der Waals surface area contributed by atoms with E-state index in [2.05, 4.69) is 15.6 Å². The lowest BCUT2D eigenvalue weighted by Gasteiger charge is -2.38. The molecule has 1 rings (SSSR count). The van der Waals surface area contributed by atoms with Crippen LogP contribution in [0.5, 0.6) is 0 Å². The predicted molar refractivity (Wildman–Crippen MR) is 71.1 cm³/mol. The Balaban J connectivity index is 2.71. The van der Waals surface area contributed by atoms with Gasteiger partial charge in [0.2, 0.25) is 0 Å². The van der Waals surface area contributed by atoms with Crippen molar-refractivity contribution in [2.45, 2.75) is 37.9 Å². The molecule has 1 fully saturated rings. The molecule has 0 aromatic heterocycles. The van der Waals surface area contributed by atoms with Gasteiger partial charge in [0.25, 0.3) is 0 Å². The van der Waals surface area contributed by atoms with Gasteiger partial charge in [-0.2, -0.15) is 0 Å². The fourth-order valence-electron chi connectivity index (χ4n) is 1.95. The highest BCUT2D eigenvalue weighted by atomic mass is 32.2. The van der Waals surface area contributed by atoms with Gasteiger partial charge in [0.1, 0.15) is 0 Å². The third kappa shape index (κ3) is 3.34. The third-order valence-corrected chi connectivity index (χ3v) is 5.38. The molecular formula is C11H23N3O2S. The van der Waals surface area contributed by atoms with Crippen molar-refractivity contribution in [1.82, 2.24) is 10.6 Å². The predicted octanol–water partition coefficient (Wildman–Crippen LogP) is 0.529. The summed E-state index contributed by atoms with van der Waals surface area (Å²) in [5.74, 6) is 0.699. The van der Waals surface area contributed by atoms with E-state index in [0.717, 1.165) is 32.4 Å². The number of nitrogens with one attached hydrogen (secondary N) is 2. The first-order valence-corrected chi connectivity index (χ1v) is 8.06. The molecule has 0 aromatic rings. The van der Waals surface area contributed by atoms with Crippen LogP contribution in [0.25, 0.3) is 0 Å². The second-order valence-electron chi connectivity index (χ2n) is 4.53. The van der Waals surface area contributed by atoms with E-state index in [0.29, 0.717) is 12.5 Å². The van der Waals surface area contributed by atoms with E-state index in [-0.39, 0.29) is 0 Å². The average molecular weight is 261 g/mol. The molecule has 0 radical (unpaired) electrons. The summed E-state index contributed by atoms with van der Waals surface area (Å²) in [6, 6.07) is 0. The molecule has 1 aliphatic rings. The van der Waals surface area contributed by atoms with Crippen LogP contribution in [0.15, 0.2) is 4.99 Å². The fourth-order valence-corrected chi connectivity index (χ4v) is 3.28. The van der Waals surface area contributed by atoms with Gasteiger partial charge in [0, 0.05) is 19.3 Å². The van der Waals surface area contributed by atoms with Gasteiger partial charge in [-0.3, -0.25) is 4.99 Å².